The minimum atomic E-state index is -1.16. The molecule has 1 aromatic rings. The maximum absolute atomic E-state index is 12.6. The second kappa shape index (κ2) is 9.91. The Morgan fingerprint density at radius 2 is 1.86 bits per heavy atom. The summed E-state index contributed by atoms with van der Waals surface area (Å²) in [5.74, 6) is 0. The summed E-state index contributed by atoms with van der Waals surface area (Å²) in [6.07, 6.45) is -2.21. The molecule has 1 fully saturated rings. The monoisotopic (exact) mass is 409 g/mol. The zero-order valence-corrected chi connectivity index (χ0v) is 17.7. The number of likely N-dealkylation sites (N-methyl/N-ethyl adjacent to an activating group) is 1. The molecule has 1 aromatic carbocycles. The number of hydrogen-bond acceptors (Lipinski definition) is 7. The van der Waals surface area contributed by atoms with E-state index < -0.39 is 30.1 Å². The van der Waals surface area contributed by atoms with Crippen molar-refractivity contribution in [1.29, 1.82) is 0 Å². The van der Waals surface area contributed by atoms with Gasteiger partial charge in [-0.3, -0.25) is 9.74 Å². The van der Waals surface area contributed by atoms with Gasteiger partial charge in [0, 0.05) is 26.7 Å². The van der Waals surface area contributed by atoms with Crippen LogP contribution in [0.5, 0.6) is 0 Å². The normalized spacial score (nSPS) is 18.5. The third-order valence-electron chi connectivity index (χ3n) is 4.51. The molecular formula is C20H31N3O6. The van der Waals surface area contributed by atoms with Crippen LogP contribution in [0.25, 0.3) is 0 Å². The zero-order chi connectivity index (χ0) is 21.6. The lowest BCUT2D eigenvalue weighted by molar-refractivity contribution is -0.225. The van der Waals surface area contributed by atoms with E-state index in [0.29, 0.717) is 0 Å². The Hall–Kier alpha value is -2.36. The van der Waals surface area contributed by atoms with Gasteiger partial charge in [0.2, 0.25) is 0 Å². The van der Waals surface area contributed by atoms with Crippen molar-refractivity contribution in [3.8, 4) is 0 Å². The molecule has 9 nitrogen and oxygen atoms in total. The van der Waals surface area contributed by atoms with Crippen LogP contribution in [0.15, 0.2) is 30.3 Å². The maximum Gasteiger partial charge on any atom is 0.410 e. The van der Waals surface area contributed by atoms with Gasteiger partial charge in [-0.25, -0.2) is 9.59 Å². The molecule has 9 heteroatoms. The molecule has 1 unspecified atom stereocenters. The Labute approximate surface area is 171 Å². The van der Waals surface area contributed by atoms with Crippen LogP contribution < -0.4 is 0 Å². The van der Waals surface area contributed by atoms with Gasteiger partial charge >= 0.3 is 12.2 Å². The average Bonchev–Trinajstić information content (AvgIpc) is 2.69. The fourth-order valence-corrected chi connectivity index (χ4v) is 2.94. The second-order valence-corrected chi connectivity index (χ2v) is 7.87. The van der Waals surface area contributed by atoms with Crippen LogP contribution in [0.4, 0.5) is 9.59 Å². The Morgan fingerprint density at radius 1 is 1.21 bits per heavy atom. The number of amides is 2. The van der Waals surface area contributed by atoms with Crippen molar-refractivity contribution in [2.24, 2.45) is 0 Å². The molecule has 1 aliphatic heterocycles. The Bertz CT molecular complexity index is 679. The first-order valence-electron chi connectivity index (χ1n) is 9.52. The SMILES string of the molecule is CON(C)C(O)[C@H]1CN(C(=O)OCc2ccccc2)CCN1C(=O)OC(C)(C)C. The van der Waals surface area contributed by atoms with Crippen LogP contribution in [0.1, 0.15) is 26.3 Å². The van der Waals surface area contributed by atoms with Crippen molar-refractivity contribution >= 4 is 12.2 Å². The number of hydroxylamine groups is 2. The molecule has 0 saturated carbocycles. The number of ether oxygens (including phenoxy) is 2. The van der Waals surface area contributed by atoms with E-state index in [1.807, 2.05) is 30.3 Å². The van der Waals surface area contributed by atoms with Gasteiger partial charge in [-0.2, -0.15) is 5.06 Å². The van der Waals surface area contributed by atoms with Gasteiger partial charge in [-0.05, 0) is 26.3 Å². The lowest BCUT2D eigenvalue weighted by Gasteiger charge is -2.44. The summed E-state index contributed by atoms with van der Waals surface area (Å²) >= 11 is 0. The highest BCUT2D eigenvalue weighted by Crippen LogP contribution is 2.20. The Kier molecular flexibility index (Phi) is 7.83. The van der Waals surface area contributed by atoms with Crippen molar-refractivity contribution < 1.29 is 29.0 Å². The molecule has 1 aliphatic rings. The van der Waals surface area contributed by atoms with E-state index in [2.05, 4.69) is 0 Å². The number of piperazine rings is 1. The lowest BCUT2D eigenvalue weighted by Crippen LogP contribution is -2.63. The number of benzene rings is 1. The number of aliphatic hydroxyl groups excluding tert-OH is 1. The van der Waals surface area contributed by atoms with Gasteiger partial charge in [0.25, 0.3) is 0 Å². The van der Waals surface area contributed by atoms with E-state index >= 15 is 0 Å². The van der Waals surface area contributed by atoms with E-state index in [9.17, 15) is 14.7 Å². The molecule has 1 N–H and O–H groups in total. The average molecular weight is 409 g/mol. The van der Waals surface area contributed by atoms with Crippen molar-refractivity contribution in [2.75, 3.05) is 33.8 Å². The van der Waals surface area contributed by atoms with Crippen molar-refractivity contribution in [3.63, 3.8) is 0 Å². The first-order valence-corrected chi connectivity index (χ1v) is 9.52. The lowest BCUT2D eigenvalue weighted by atomic mass is 10.1. The fraction of sp³-hybridized carbons (Fsp3) is 0.600. The Balaban J connectivity index is 2.07. The zero-order valence-electron chi connectivity index (χ0n) is 17.7. The number of carbonyl (C=O) groups excluding carboxylic acids is 2. The van der Waals surface area contributed by atoms with Crippen LogP contribution in [0.3, 0.4) is 0 Å². The van der Waals surface area contributed by atoms with Crippen LogP contribution in [-0.2, 0) is 20.9 Å². The first kappa shape index (κ1) is 22.9. The number of carbonyl (C=O) groups is 2. The maximum atomic E-state index is 12.6. The van der Waals surface area contributed by atoms with Gasteiger partial charge < -0.3 is 19.5 Å². The summed E-state index contributed by atoms with van der Waals surface area (Å²) < 4.78 is 10.8. The summed E-state index contributed by atoms with van der Waals surface area (Å²) in [5, 5.41) is 11.9. The first-order chi connectivity index (χ1) is 13.6. The van der Waals surface area contributed by atoms with E-state index in [-0.39, 0.29) is 26.2 Å². The summed E-state index contributed by atoms with van der Waals surface area (Å²) in [5.41, 5.74) is 0.204. The molecule has 1 heterocycles. The number of rotatable bonds is 5. The molecule has 0 aliphatic carbocycles. The summed E-state index contributed by atoms with van der Waals surface area (Å²) in [6.45, 7) is 6.03. The van der Waals surface area contributed by atoms with Crippen molar-refractivity contribution in [2.45, 2.75) is 45.2 Å². The van der Waals surface area contributed by atoms with Crippen LogP contribution in [0.2, 0.25) is 0 Å². The molecule has 0 aromatic heterocycles. The molecule has 29 heavy (non-hydrogen) atoms. The van der Waals surface area contributed by atoms with Gasteiger partial charge in [0.15, 0.2) is 6.23 Å². The largest absolute Gasteiger partial charge is 0.445 e. The minimum absolute atomic E-state index is 0.0851. The molecule has 2 rings (SSSR count). The van der Waals surface area contributed by atoms with Gasteiger partial charge in [-0.15, -0.1) is 0 Å². The number of hydrogen-bond donors (Lipinski definition) is 1. The molecule has 162 valence electrons. The summed E-state index contributed by atoms with van der Waals surface area (Å²) in [6, 6.07) is 8.62. The summed E-state index contributed by atoms with van der Waals surface area (Å²) in [4.78, 5) is 33.1. The molecule has 1 saturated heterocycles. The predicted molar refractivity (Wildman–Crippen MR) is 106 cm³/mol. The van der Waals surface area contributed by atoms with E-state index in [0.717, 1.165) is 5.56 Å². The van der Waals surface area contributed by atoms with Gasteiger partial charge in [-0.1, -0.05) is 30.3 Å². The second-order valence-electron chi connectivity index (χ2n) is 7.87. The molecule has 2 amide bonds. The molecule has 2 atom stereocenters. The van der Waals surface area contributed by atoms with Crippen LogP contribution in [-0.4, -0.2) is 83.8 Å². The van der Waals surface area contributed by atoms with Crippen molar-refractivity contribution in [3.05, 3.63) is 35.9 Å². The van der Waals surface area contributed by atoms with Gasteiger partial charge in [0.05, 0.1) is 13.2 Å². The van der Waals surface area contributed by atoms with Crippen LogP contribution in [0, 0.1) is 0 Å². The molecule has 0 bridgehead atoms. The number of nitrogens with zero attached hydrogens (tertiary/aromatic N) is 3. The van der Waals surface area contributed by atoms with Crippen LogP contribution >= 0.6 is 0 Å². The van der Waals surface area contributed by atoms with Gasteiger partial charge in [0.1, 0.15) is 12.2 Å². The topological polar surface area (TPSA) is 91.8 Å². The third kappa shape index (κ3) is 6.59. The van der Waals surface area contributed by atoms with E-state index in [4.69, 9.17) is 14.3 Å². The molecule has 0 spiro atoms. The predicted octanol–water partition coefficient (Wildman–Crippen LogP) is 2.06. The highest BCUT2D eigenvalue weighted by Gasteiger charge is 2.40. The molecule has 0 radical (unpaired) electrons. The smallest absolute Gasteiger partial charge is 0.410 e. The number of aliphatic hydroxyl groups is 1. The highest BCUT2D eigenvalue weighted by molar-refractivity contribution is 5.71. The standard InChI is InChI=1S/C20H31N3O6/c1-20(2,3)29-19(26)23-12-11-22(13-16(23)17(24)21(4)27-5)18(25)28-14-15-9-7-6-8-10-15/h6-10,16-17,24H,11-14H2,1-5H3/t16-,17?/m1/s1. The molecular weight excluding hydrogens is 378 g/mol. The van der Waals surface area contributed by atoms with Crippen molar-refractivity contribution in [1.82, 2.24) is 14.9 Å². The van der Waals surface area contributed by atoms with E-state index in [1.165, 1.54) is 22.0 Å². The minimum Gasteiger partial charge on any atom is -0.445 e. The third-order valence-corrected chi connectivity index (χ3v) is 4.51. The van der Waals surface area contributed by atoms with E-state index in [1.54, 1.807) is 27.8 Å². The fourth-order valence-electron chi connectivity index (χ4n) is 2.94. The highest BCUT2D eigenvalue weighted by atomic mass is 16.7. The quantitative estimate of drug-likeness (QED) is 0.588. The summed E-state index contributed by atoms with van der Waals surface area (Å²) in [7, 11) is 2.96. The Morgan fingerprint density at radius 3 is 2.45 bits per heavy atom.